The molecule has 6 heteroatoms. The number of nitrogens with one attached hydrogen (secondary N) is 1. The fraction of sp³-hybridized carbons (Fsp3) is 0.429. The lowest BCUT2D eigenvalue weighted by Gasteiger charge is -2.17. The van der Waals surface area contributed by atoms with Crippen molar-refractivity contribution in [2.75, 3.05) is 33.8 Å². The smallest absolute Gasteiger partial charge is 0.166 e. The zero-order chi connectivity index (χ0) is 18.1. The molecule has 0 atom stereocenters. The highest BCUT2D eigenvalue weighted by Crippen LogP contribution is 2.32. The number of halogens is 2. The van der Waals surface area contributed by atoms with Gasteiger partial charge in [0, 0.05) is 25.2 Å². The summed E-state index contributed by atoms with van der Waals surface area (Å²) >= 11 is 0. The molecule has 0 unspecified atom stereocenters. The summed E-state index contributed by atoms with van der Waals surface area (Å²) in [5, 5.41) is 3.47. The minimum Gasteiger partial charge on any atom is -0.490 e. The lowest BCUT2D eigenvalue weighted by Crippen LogP contribution is -2.26. The normalized spacial score (nSPS) is 10.1. The van der Waals surface area contributed by atoms with Crippen LogP contribution in [0.15, 0.2) is 42.5 Å². The largest absolute Gasteiger partial charge is 0.490 e. The van der Waals surface area contributed by atoms with Gasteiger partial charge in [0.1, 0.15) is 6.61 Å². The molecule has 0 spiro atoms. The van der Waals surface area contributed by atoms with Crippen LogP contribution in [0.3, 0.4) is 0 Å². The van der Waals surface area contributed by atoms with Crippen LogP contribution in [0.4, 0.5) is 0 Å². The van der Waals surface area contributed by atoms with Gasteiger partial charge in [-0.25, -0.2) is 0 Å². The molecule has 0 amide bonds. The molecule has 0 saturated carbocycles. The van der Waals surface area contributed by atoms with E-state index >= 15 is 0 Å². The summed E-state index contributed by atoms with van der Waals surface area (Å²) < 4.78 is 11.9. The fourth-order valence-electron chi connectivity index (χ4n) is 2.50. The SMILES string of the molecule is CCOc1cccc(CNCCN(C)C)c1OCc1ccc(C)cc1.Cl.Cl. The fourth-order valence-corrected chi connectivity index (χ4v) is 2.50. The van der Waals surface area contributed by atoms with Crippen molar-refractivity contribution in [3.8, 4) is 11.5 Å². The summed E-state index contributed by atoms with van der Waals surface area (Å²) in [7, 11) is 4.15. The quantitative estimate of drug-likeness (QED) is 0.581. The van der Waals surface area contributed by atoms with E-state index < -0.39 is 0 Å². The highest BCUT2D eigenvalue weighted by molar-refractivity contribution is 5.85. The Morgan fingerprint density at radius 2 is 1.67 bits per heavy atom. The second-order valence-corrected chi connectivity index (χ2v) is 6.43. The zero-order valence-corrected chi connectivity index (χ0v) is 18.3. The minimum atomic E-state index is 0. The topological polar surface area (TPSA) is 33.7 Å². The summed E-state index contributed by atoms with van der Waals surface area (Å²) in [4.78, 5) is 2.17. The van der Waals surface area contributed by atoms with Crippen molar-refractivity contribution in [2.24, 2.45) is 0 Å². The maximum Gasteiger partial charge on any atom is 0.166 e. The zero-order valence-electron chi connectivity index (χ0n) is 16.7. The van der Waals surface area contributed by atoms with E-state index in [1.807, 2.05) is 19.1 Å². The van der Waals surface area contributed by atoms with Crippen molar-refractivity contribution in [3.05, 3.63) is 59.2 Å². The van der Waals surface area contributed by atoms with Gasteiger partial charge < -0.3 is 19.7 Å². The molecule has 0 bridgehead atoms. The maximum absolute atomic E-state index is 6.15. The number of aryl methyl sites for hydroxylation is 1. The van der Waals surface area contributed by atoms with Gasteiger partial charge >= 0.3 is 0 Å². The average molecular weight is 415 g/mol. The number of benzene rings is 2. The molecule has 0 aromatic heterocycles. The minimum absolute atomic E-state index is 0. The summed E-state index contributed by atoms with van der Waals surface area (Å²) in [6.45, 7) is 7.94. The third-order valence-electron chi connectivity index (χ3n) is 3.92. The number of ether oxygens (including phenoxy) is 2. The highest BCUT2D eigenvalue weighted by Gasteiger charge is 2.11. The molecule has 1 N–H and O–H groups in total. The lowest BCUT2D eigenvalue weighted by atomic mass is 10.1. The first-order valence-electron chi connectivity index (χ1n) is 8.88. The van der Waals surface area contributed by atoms with Gasteiger partial charge in [0.2, 0.25) is 0 Å². The summed E-state index contributed by atoms with van der Waals surface area (Å²) in [6.07, 6.45) is 0. The Morgan fingerprint density at radius 1 is 0.963 bits per heavy atom. The third-order valence-corrected chi connectivity index (χ3v) is 3.92. The molecular formula is C21H32Cl2N2O2. The molecule has 0 radical (unpaired) electrons. The second-order valence-electron chi connectivity index (χ2n) is 6.43. The summed E-state index contributed by atoms with van der Waals surface area (Å²) in [5.41, 5.74) is 3.53. The average Bonchev–Trinajstić information content (AvgIpc) is 2.59. The van der Waals surface area contributed by atoms with Crippen molar-refractivity contribution in [1.82, 2.24) is 10.2 Å². The molecule has 27 heavy (non-hydrogen) atoms. The molecular weight excluding hydrogens is 383 g/mol. The van der Waals surface area contributed by atoms with E-state index in [0.29, 0.717) is 13.2 Å². The van der Waals surface area contributed by atoms with Crippen molar-refractivity contribution in [3.63, 3.8) is 0 Å². The molecule has 0 fully saturated rings. The van der Waals surface area contributed by atoms with Crippen LogP contribution in [0.2, 0.25) is 0 Å². The number of nitrogens with zero attached hydrogens (tertiary/aromatic N) is 1. The van der Waals surface area contributed by atoms with Gasteiger partial charge in [-0.2, -0.15) is 0 Å². The molecule has 0 aliphatic rings. The number of likely N-dealkylation sites (N-methyl/N-ethyl adjacent to an activating group) is 1. The van der Waals surface area contributed by atoms with E-state index in [4.69, 9.17) is 9.47 Å². The Labute approximate surface area is 176 Å². The highest BCUT2D eigenvalue weighted by atomic mass is 35.5. The van der Waals surface area contributed by atoms with Gasteiger partial charge in [0.15, 0.2) is 11.5 Å². The van der Waals surface area contributed by atoms with Crippen LogP contribution in [0.25, 0.3) is 0 Å². The van der Waals surface area contributed by atoms with Crippen molar-refractivity contribution in [1.29, 1.82) is 0 Å². The van der Waals surface area contributed by atoms with E-state index in [-0.39, 0.29) is 24.8 Å². The lowest BCUT2D eigenvalue weighted by molar-refractivity contribution is 0.266. The number of rotatable bonds is 10. The summed E-state index contributed by atoms with van der Waals surface area (Å²) in [5.74, 6) is 1.64. The van der Waals surface area contributed by atoms with E-state index in [9.17, 15) is 0 Å². The van der Waals surface area contributed by atoms with Gasteiger partial charge in [-0.05, 0) is 39.6 Å². The Balaban J connectivity index is 0.00000338. The van der Waals surface area contributed by atoms with E-state index in [2.05, 4.69) is 61.6 Å². The predicted octanol–water partition coefficient (Wildman–Crippen LogP) is 4.47. The van der Waals surface area contributed by atoms with Crippen LogP contribution in [0.5, 0.6) is 11.5 Å². The van der Waals surface area contributed by atoms with Crippen molar-refractivity contribution >= 4 is 24.8 Å². The second kappa shape index (κ2) is 13.7. The van der Waals surface area contributed by atoms with Crippen molar-refractivity contribution < 1.29 is 9.47 Å². The number of para-hydroxylation sites is 1. The molecule has 2 aromatic carbocycles. The van der Waals surface area contributed by atoms with Gasteiger partial charge in [-0.1, -0.05) is 42.0 Å². The Bertz CT molecular complexity index is 649. The van der Waals surface area contributed by atoms with Gasteiger partial charge in [0.05, 0.1) is 6.61 Å². The van der Waals surface area contributed by atoms with E-state index in [0.717, 1.165) is 42.3 Å². The standard InChI is InChI=1S/C21H30N2O2.2ClH/c1-5-24-20-8-6-7-19(15-22-13-14-23(3)4)21(20)25-16-18-11-9-17(2)10-12-18;;/h6-12,22H,5,13-16H2,1-4H3;2*1H. The molecule has 152 valence electrons. The van der Waals surface area contributed by atoms with Crippen LogP contribution in [-0.2, 0) is 13.2 Å². The van der Waals surface area contributed by atoms with Crippen molar-refractivity contribution in [2.45, 2.75) is 27.0 Å². The molecule has 2 aromatic rings. The van der Waals surface area contributed by atoms with Gasteiger partial charge in [-0.3, -0.25) is 0 Å². The van der Waals surface area contributed by atoms with Crippen LogP contribution < -0.4 is 14.8 Å². The first-order valence-corrected chi connectivity index (χ1v) is 8.88. The molecule has 0 aliphatic heterocycles. The first-order chi connectivity index (χ1) is 12.1. The Kier molecular flexibility index (Phi) is 12.9. The Morgan fingerprint density at radius 3 is 2.30 bits per heavy atom. The number of hydrogen-bond acceptors (Lipinski definition) is 4. The molecule has 0 heterocycles. The molecule has 0 aliphatic carbocycles. The maximum atomic E-state index is 6.15. The monoisotopic (exact) mass is 414 g/mol. The van der Waals surface area contributed by atoms with Crippen LogP contribution in [0, 0.1) is 6.92 Å². The van der Waals surface area contributed by atoms with Gasteiger partial charge in [-0.15, -0.1) is 24.8 Å². The molecule has 2 rings (SSSR count). The van der Waals surface area contributed by atoms with E-state index in [1.165, 1.54) is 5.56 Å². The summed E-state index contributed by atoms with van der Waals surface area (Å²) in [6, 6.07) is 14.5. The third kappa shape index (κ3) is 8.85. The van der Waals surface area contributed by atoms with E-state index in [1.54, 1.807) is 0 Å². The first kappa shape index (κ1) is 25.5. The van der Waals surface area contributed by atoms with Crippen LogP contribution in [-0.4, -0.2) is 38.7 Å². The predicted molar refractivity (Wildman–Crippen MR) is 118 cm³/mol. The number of hydrogen-bond donors (Lipinski definition) is 1. The molecule has 4 nitrogen and oxygen atoms in total. The Hall–Kier alpha value is -1.46. The molecule has 0 saturated heterocycles. The van der Waals surface area contributed by atoms with Crippen LogP contribution in [0.1, 0.15) is 23.6 Å². The van der Waals surface area contributed by atoms with Crippen LogP contribution >= 0.6 is 24.8 Å². The van der Waals surface area contributed by atoms with Gasteiger partial charge in [0.25, 0.3) is 0 Å².